The van der Waals surface area contributed by atoms with Crippen LogP contribution >= 0.6 is 17.1 Å². The second kappa shape index (κ2) is 4.32. The molecule has 17 heavy (non-hydrogen) atoms. The average molecular weight is 278 g/mol. The van der Waals surface area contributed by atoms with Crippen LogP contribution in [0.15, 0.2) is 0 Å². The highest BCUT2D eigenvalue weighted by Gasteiger charge is 2.47. The van der Waals surface area contributed by atoms with Gasteiger partial charge in [0.15, 0.2) is 0 Å². The van der Waals surface area contributed by atoms with Gasteiger partial charge in [-0.05, 0) is 0 Å². The van der Waals surface area contributed by atoms with Crippen molar-refractivity contribution in [2.75, 3.05) is 52.6 Å². The van der Waals surface area contributed by atoms with Gasteiger partial charge >= 0.3 is 0 Å². The molecule has 6 nitrogen and oxygen atoms in total. The molecule has 0 bridgehead atoms. The smallest absolute Gasteiger partial charge is 0.258 e. The normalized spacial score (nSPS) is 47.3. The lowest BCUT2D eigenvalue weighted by molar-refractivity contribution is -0.0597. The van der Waals surface area contributed by atoms with Crippen molar-refractivity contribution < 1.29 is 18.1 Å². The van der Waals surface area contributed by atoms with Gasteiger partial charge in [0.05, 0.1) is 31.8 Å². The van der Waals surface area contributed by atoms with E-state index in [0.717, 1.165) is 26.2 Å². The standard InChI is InChI=1S/C9H16N2O4P2/c1-2-10(1)16-12-5-9(6-13-16)7-14-17(15-8-9)11-3-4-11/h1-8H2. The van der Waals surface area contributed by atoms with Crippen molar-refractivity contribution in [2.24, 2.45) is 5.41 Å². The molecule has 8 heteroatoms. The first-order valence-corrected chi connectivity index (χ1v) is 8.22. The highest BCUT2D eigenvalue weighted by molar-refractivity contribution is 7.45. The van der Waals surface area contributed by atoms with E-state index in [-0.39, 0.29) is 5.41 Å². The van der Waals surface area contributed by atoms with Crippen LogP contribution in [0.1, 0.15) is 0 Å². The van der Waals surface area contributed by atoms with Gasteiger partial charge in [-0.3, -0.25) is 0 Å². The topological polar surface area (TPSA) is 42.9 Å². The van der Waals surface area contributed by atoms with Gasteiger partial charge in [0.25, 0.3) is 17.1 Å². The Kier molecular flexibility index (Phi) is 2.91. The van der Waals surface area contributed by atoms with Gasteiger partial charge in [0.2, 0.25) is 0 Å². The predicted molar refractivity (Wildman–Crippen MR) is 63.2 cm³/mol. The van der Waals surface area contributed by atoms with Crippen LogP contribution in [0.3, 0.4) is 0 Å². The van der Waals surface area contributed by atoms with Crippen molar-refractivity contribution in [3.05, 3.63) is 0 Å². The second-order valence-corrected chi connectivity index (χ2v) is 8.09. The van der Waals surface area contributed by atoms with Crippen LogP contribution in [0.25, 0.3) is 0 Å². The number of hydrogen-bond acceptors (Lipinski definition) is 6. The molecular formula is C9H16N2O4P2. The molecule has 1 spiro atoms. The summed E-state index contributed by atoms with van der Waals surface area (Å²) in [7, 11) is -1.53. The maximum Gasteiger partial charge on any atom is 0.258 e. The SMILES string of the molecule is C1CN1P1OCC2(CO1)COP(N1CC1)OC2. The summed E-state index contributed by atoms with van der Waals surface area (Å²) in [4.78, 5) is 0. The van der Waals surface area contributed by atoms with Crippen LogP contribution < -0.4 is 0 Å². The van der Waals surface area contributed by atoms with Crippen LogP contribution in [0.5, 0.6) is 0 Å². The number of hydrogen-bond donors (Lipinski definition) is 0. The van der Waals surface area contributed by atoms with Crippen molar-refractivity contribution in [1.82, 2.24) is 9.34 Å². The molecule has 0 unspecified atom stereocenters. The van der Waals surface area contributed by atoms with Gasteiger partial charge in [-0.25, -0.2) is 9.34 Å². The molecule has 0 aromatic rings. The summed E-state index contributed by atoms with van der Waals surface area (Å²) in [6.07, 6.45) is 0. The number of rotatable bonds is 2. The van der Waals surface area contributed by atoms with E-state index < -0.39 is 17.1 Å². The second-order valence-electron chi connectivity index (χ2n) is 4.98. The first kappa shape index (κ1) is 11.4. The predicted octanol–water partition coefficient (Wildman–Crippen LogP) is 1.15. The van der Waals surface area contributed by atoms with E-state index in [1.54, 1.807) is 0 Å². The summed E-state index contributed by atoms with van der Waals surface area (Å²) in [6.45, 7) is 7.30. The molecule has 0 aromatic heterocycles. The van der Waals surface area contributed by atoms with Crippen molar-refractivity contribution >= 4 is 17.1 Å². The molecule has 4 heterocycles. The van der Waals surface area contributed by atoms with Crippen molar-refractivity contribution in [2.45, 2.75) is 0 Å². The van der Waals surface area contributed by atoms with Crippen LogP contribution in [-0.2, 0) is 18.1 Å². The van der Waals surface area contributed by atoms with Crippen LogP contribution in [0.2, 0.25) is 0 Å². The summed E-state index contributed by atoms with van der Waals surface area (Å²) in [5, 5.41) is 0. The van der Waals surface area contributed by atoms with Crippen molar-refractivity contribution in [3.63, 3.8) is 0 Å². The van der Waals surface area contributed by atoms with Crippen molar-refractivity contribution in [1.29, 1.82) is 0 Å². The molecule has 0 amide bonds. The maximum atomic E-state index is 5.81. The van der Waals surface area contributed by atoms with E-state index in [4.69, 9.17) is 18.1 Å². The molecule has 4 rings (SSSR count). The van der Waals surface area contributed by atoms with Crippen molar-refractivity contribution in [3.8, 4) is 0 Å². The lowest BCUT2D eigenvalue weighted by Crippen LogP contribution is -2.45. The van der Waals surface area contributed by atoms with E-state index in [0.29, 0.717) is 26.4 Å². The molecule has 0 aromatic carbocycles. The Balaban J connectivity index is 1.32. The van der Waals surface area contributed by atoms with Crippen LogP contribution in [-0.4, -0.2) is 61.9 Å². The van der Waals surface area contributed by atoms with Gasteiger partial charge < -0.3 is 18.1 Å². The zero-order valence-corrected chi connectivity index (χ0v) is 11.4. The summed E-state index contributed by atoms with van der Waals surface area (Å²) < 4.78 is 27.7. The van der Waals surface area contributed by atoms with E-state index in [1.165, 1.54) is 0 Å². The molecule has 0 saturated carbocycles. The first-order chi connectivity index (χ1) is 8.35. The van der Waals surface area contributed by atoms with E-state index >= 15 is 0 Å². The zero-order valence-electron chi connectivity index (χ0n) is 9.58. The molecule has 0 atom stereocenters. The minimum Gasteiger partial charge on any atom is -0.321 e. The summed E-state index contributed by atoms with van der Waals surface area (Å²) in [5.41, 5.74) is -0.0658. The lowest BCUT2D eigenvalue weighted by Gasteiger charge is -2.42. The fourth-order valence-corrected chi connectivity index (χ4v) is 5.01. The lowest BCUT2D eigenvalue weighted by atomic mass is 9.93. The molecule has 4 aliphatic heterocycles. The quantitative estimate of drug-likeness (QED) is 0.557. The molecule has 4 saturated heterocycles. The Labute approximate surface area is 103 Å². The Bertz CT molecular complexity index is 264. The Morgan fingerprint density at radius 3 is 1.29 bits per heavy atom. The van der Waals surface area contributed by atoms with E-state index in [1.807, 2.05) is 0 Å². The molecule has 4 aliphatic rings. The van der Waals surface area contributed by atoms with Crippen LogP contribution in [0, 0.1) is 5.41 Å². The van der Waals surface area contributed by atoms with E-state index in [2.05, 4.69) is 9.34 Å². The monoisotopic (exact) mass is 278 g/mol. The first-order valence-electron chi connectivity index (χ1n) is 5.96. The fraction of sp³-hybridized carbons (Fsp3) is 1.00. The Morgan fingerprint density at radius 2 is 1.00 bits per heavy atom. The highest BCUT2D eigenvalue weighted by Crippen LogP contribution is 2.57. The summed E-state index contributed by atoms with van der Waals surface area (Å²) in [6, 6.07) is 0. The molecule has 96 valence electrons. The third-order valence-corrected chi connectivity index (χ3v) is 6.36. The minimum absolute atomic E-state index is 0.0658. The number of nitrogens with zero attached hydrogens (tertiary/aromatic N) is 2. The van der Waals surface area contributed by atoms with Gasteiger partial charge in [-0.2, -0.15) is 0 Å². The van der Waals surface area contributed by atoms with Gasteiger partial charge in [0, 0.05) is 26.2 Å². The third-order valence-electron chi connectivity index (χ3n) is 3.23. The maximum absolute atomic E-state index is 5.81. The minimum atomic E-state index is -0.764. The van der Waals surface area contributed by atoms with E-state index in [9.17, 15) is 0 Å². The zero-order chi connectivity index (χ0) is 11.3. The summed E-state index contributed by atoms with van der Waals surface area (Å²) >= 11 is 0. The average Bonchev–Trinajstić information content (AvgIpc) is 3.23. The third kappa shape index (κ3) is 2.38. The molecule has 0 aliphatic carbocycles. The molecular weight excluding hydrogens is 262 g/mol. The van der Waals surface area contributed by atoms with Crippen LogP contribution in [0.4, 0.5) is 0 Å². The molecule has 0 radical (unpaired) electrons. The highest BCUT2D eigenvalue weighted by atomic mass is 31.2. The Morgan fingerprint density at radius 1 is 0.647 bits per heavy atom. The molecule has 0 N–H and O–H groups in total. The van der Waals surface area contributed by atoms with Gasteiger partial charge in [-0.1, -0.05) is 0 Å². The van der Waals surface area contributed by atoms with Gasteiger partial charge in [-0.15, -0.1) is 0 Å². The molecule has 4 fully saturated rings. The van der Waals surface area contributed by atoms with Gasteiger partial charge in [0.1, 0.15) is 0 Å². The summed E-state index contributed by atoms with van der Waals surface area (Å²) in [5.74, 6) is 0. The largest absolute Gasteiger partial charge is 0.321 e. The fourth-order valence-electron chi connectivity index (χ4n) is 1.84. The Hall–Kier alpha value is 0.620.